The lowest BCUT2D eigenvalue weighted by Crippen LogP contribution is -2.38. The highest BCUT2D eigenvalue weighted by molar-refractivity contribution is 5.95. The molecule has 1 N–H and O–H groups in total. The summed E-state index contributed by atoms with van der Waals surface area (Å²) < 4.78 is 5.24. The Morgan fingerprint density at radius 2 is 1.97 bits per heavy atom. The molecule has 8 nitrogen and oxygen atoms in total. The molecule has 0 unspecified atom stereocenters. The van der Waals surface area contributed by atoms with E-state index in [4.69, 9.17) is 4.74 Å². The van der Waals surface area contributed by atoms with E-state index in [0.29, 0.717) is 48.6 Å². The molecule has 3 rings (SSSR count). The number of aliphatic hydroxyl groups is 1. The fourth-order valence-corrected chi connectivity index (χ4v) is 3.24. The second-order valence-corrected chi connectivity index (χ2v) is 8.17. The van der Waals surface area contributed by atoms with Gasteiger partial charge in [-0.2, -0.15) is 0 Å². The van der Waals surface area contributed by atoms with Crippen molar-refractivity contribution in [3.8, 4) is 5.88 Å². The third kappa shape index (κ3) is 5.05. The van der Waals surface area contributed by atoms with Gasteiger partial charge in [0.05, 0.1) is 24.1 Å². The van der Waals surface area contributed by atoms with Gasteiger partial charge in [-0.15, -0.1) is 0 Å². The van der Waals surface area contributed by atoms with Crippen LogP contribution in [0.4, 0.5) is 5.95 Å². The van der Waals surface area contributed by atoms with Crippen LogP contribution in [0, 0.1) is 0 Å². The summed E-state index contributed by atoms with van der Waals surface area (Å²) in [5, 5.41) is 10.2. The number of likely N-dealkylation sites (N-methyl/N-ethyl adjacent to an activating group) is 2. The average molecular weight is 414 g/mol. The first kappa shape index (κ1) is 22.0. The molecule has 2 heterocycles. The number of ether oxygens (including phenoxy) is 1. The van der Waals surface area contributed by atoms with E-state index in [1.54, 1.807) is 39.3 Å². The number of methoxy groups -OCH3 is 1. The maximum absolute atomic E-state index is 13.2. The summed E-state index contributed by atoms with van der Waals surface area (Å²) in [7, 11) is 3.47. The minimum Gasteiger partial charge on any atom is -0.481 e. The highest BCUT2D eigenvalue weighted by atomic mass is 16.5. The van der Waals surface area contributed by atoms with Crippen LogP contribution in [0.3, 0.4) is 0 Å². The smallest absolute Gasteiger partial charge is 0.255 e. The third-order valence-corrected chi connectivity index (χ3v) is 5.29. The van der Waals surface area contributed by atoms with Gasteiger partial charge < -0.3 is 19.6 Å². The zero-order valence-electron chi connectivity index (χ0n) is 18.4. The Morgan fingerprint density at radius 3 is 2.57 bits per heavy atom. The van der Waals surface area contributed by atoms with Crippen molar-refractivity contribution in [2.24, 2.45) is 0 Å². The Hall–Kier alpha value is -2.74. The Labute approximate surface area is 177 Å². The van der Waals surface area contributed by atoms with E-state index in [1.165, 1.54) is 0 Å². The van der Waals surface area contributed by atoms with Crippen molar-refractivity contribution in [1.82, 2.24) is 19.9 Å². The lowest BCUT2D eigenvalue weighted by molar-refractivity contribution is 0.0737. The average Bonchev–Trinajstić information content (AvgIpc) is 3.58. The predicted molar refractivity (Wildman–Crippen MR) is 115 cm³/mol. The molecule has 1 fully saturated rings. The van der Waals surface area contributed by atoms with Crippen molar-refractivity contribution < 1.29 is 14.6 Å². The first-order valence-corrected chi connectivity index (χ1v) is 10.4. The van der Waals surface area contributed by atoms with Gasteiger partial charge in [-0.25, -0.2) is 15.0 Å². The Morgan fingerprint density at radius 1 is 1.23 bits per heavy atom. The molecule has 1 saturated carbocycles. The number of carbonyl (C=O) groups is 1. The summed E-state index contributed by atoms with van der Waals surface area (Å²) in [6.07, 6.45) is 3.76. The van der Waals surface area contributed by atoms with Crippen LogP contribution in [0.2, 0.25) is 0 Å². The number of anilines is 1. The van der Waals surface area contributed by atoms with Crippen LogP contribution in [-0.2, 0) is 5.60 Å². The maximum atomic E-state index is 13.2. The minimum absolute atomic E-state index is 0.0193. The van der Waals surface area contributed by atoms with Crippen LogP contribution >= 0.6 is 0 Å². The first-order chi connectivity index (χ1) is 14.2. The Kier molecular flexibility index (Phi) is 6.55. The molecule has 0 aromatic carbocycles. The number of amides is 1. The van der Waals surface area contributed by atoms with Gasteiger partial charge in [0.2, 0.25) is 11.8 Å². The van der Waals surface area contributed by atoms with Crippen molar-refractivity contribution in [3.63, 3.8) is 0 Å². The molecular weight excluding hydrogens is 382 g/mol. The van der Waals surface area contributed by atoms with Crippen molar-refractivity contribution in [3.05, 3.63) is 41.3 Å². The van der Waals surface area contributed by atoms with Crippen LogP contribution in [0.25, 0.3) is 0 Å². The molecule has 0 bridgehead atoms. The molecule has 0 saturated heterocycles. The number of pyridine rings is 1. The van der Waals surface area contributed by atoms with Crippen molar-refractivity contribution >= 4 is 11.9 Å². The zero-order chi connectivity index (χ0) is 21.9. The van der Waals surface area contributed by atoms with Crippen molar-refractivity contribution in [1.29, 1.82) is 0 Å². The summed E-state index contributed by atoms with van der Waals surface area (Å²) in [4.78, 5) is 30.2. The van der Waals surface area contributed by atoms with Gasteiger partial charge in [-0.05, 0) is 45.7 Å². The molecule has 8 heteroatoms. The molecule has 0 atom stereocenters. The number of hydrogen-bond acceptors (Lipinski definition) is 7. The molecule has 30 heavy (non-hydrogen) atoms. The van der Waals surface area contributed by atoms with Gasteiger partial charge in [0, 0.05) is 44.9 Å². The number of carbonyl (C=O) groups excluding carboxylic acids is 1. The van der Waals surface area contributed by atoms with E-state index in [1.807, 2.05) is 29.8 Å². The SMILES string of the molecule is CCN(CCN(C)c1nccc(C(C)(C)O)n1)C(=O)c1ccc(OC)nc1C1CC1. The lowest BCUT2D eigenvalue weighted by Gasteiger charge is -2.26. The maximum Gasteiger partial charge on any atom is 0.255 e. The molecule has 162 valence electrons. The van der Waals surface area contributed by atoms with Gasteiger partial charge in [0.1, 0.15) is 5.60 Å². The number of nitrogens with zero attached hydrogens (tertiary/aromatic N) is 5. The van der Waals surface area contributed by atoms with Gasteiger partial charge in [0.25, 0.3) is 5.91 Å². The predicted octanol–water partition coefficient (Wildman–Crippen LogP) is 2.58. The third-order valence-electron chi connectivity index (χ3n) is 5.29. The topological polar surface area (TPSA) is 91.7 Å². The number of rotatable bonds is 9. The highest BCUT2D eigenvalue weighted by Gasteiger charge is 2.31. The second-order valence-electron chi connectivity index (χ2n) is 8.17. The Bertz CT molecular complexity index is 893. The van der Waals surface area contributed by atoms with Crippen LogP contribution < -0.4 is 9.64 Å². The lowest BCUT2D eigenvalue weighted by atomic mass is 10.1. The monoisotopic (exact) mass is 413 g/mol. The largest absolute Gasteiger partial charge is 0.481 e. The summed E-state index contributed by atoms with van der Waals surface area (Å²) in [6.45, 7) is 7.04. The van der Waals surface area contributed by atoms with Crippen LogP contribution in [0.5, 0.6) is 5.88 Å². The van der Waals surface area contributed by atoms with E-state index < -0.39 is 5.60 Å². The van der Waals surface area contributed by atoms with Gasteiger partial charge in [0.15, 0.2) is 0 Å². The van der Waals surface area contributed by atoms with Crippen molar-refractivity contribution in [2.75, 3.05) is 38.7 Å². The fraction of sp³-hybridized carbons (Fsp3) is 0.545. The van der Waals surface area contributed by atoms with Crippen LogP contribution in [0.1, 0.15) is 61.3 Å². The van der Waals surface area contributed by atoms with Crippen LogP contribution in [-0.4, -0.2) is 64.7 Å². The molecule has 1 amide bonds. The quantitative estimate of drug-likeness (QED) is 0.675. The molecule has 2 aromatic rings. The minimum atomic E-state index is -1.04. The standard InChI is InChI=1S/C22H31N5O3/c1-6-27(14-13-26(4)21-23-12-11-17(24-21)22(2,3)29)20(28)16-9-10-18(30-5)25-19(16)15-7-8-15/h9-12,15,29H,6-8,13-14H2,1-5H3. The molecule has 1 aliphatic rings. The highest BCUT2D eigenvalue weighted by Crippen LogP contribution is 2.41. The van der Waals surface area contributed by atoms with Gasteiger partial charge in [-0.1, -0.05) is 0 Å². The van der Waals surface area contributed by atoms with Crippen LogP contribution in [0.15, 0.2) is 24.4 Å². The fourth-order valence-electron chi connectivity index (χ4n) is 3.24. The number of hydrogen-bond donors (Lipinski definition) is 1. The van der Waals surface area contributed by atoms with E-state index in [9.17, 15) is 9.90 Å². The van der Waals surface area contributed by atoms with E-state index >= 15 is 0 Å². The van der Waals surface area contributed by atoms with E-state index in [2.05, 4.69) is 15.0 Å². The molecule has 0 radical (unpaired) electrons. The second kappa shape index (κ2) is 8.95. The zero-order valence-corrected chi connectivity index (χ0v) is 18.4. The molecule has 2 aromatic heterocycles. The summed E-state index contributed by atoms with van der Waals surface area (Å²) in [5.74, 6) is 1.38. The van der Waals surface area contributed by atoms with E-state index in [0.717, 1.165) is 18.5 Å². The normalized spacial score (nSPS) is 13.8. The van der Waals surface area contributed by atoms with E-state index in [-0.39, 0.29) is 5.91 Å². The molecule has 1 aliphatic carbocycles. The van der Waals surface area contributed by atoms with Crippen molar-refractivity contribution in [2.45, 2.75) is 45.1 Å². The number of aromatic nitrogens is 3. The van der Waals surface area contributed by atoms with Gasteiger partial charge >= 0.3 is 0 Å². The molecule has 0 aliphatic heterocycles. The summed E-state index contributed by atoms with van der Waals surface area (Å²) >= 11 is 0. The van der Waals surface area contributed by atoms with Gasteiger partial charge in [-0.3, -0.25) is 4.79 Å². The summed E-state index contributed by atoms with van der Waals surface area (Å²) in [6, 6.07) is 5.27. The Balaban J connectivity index is 1.71. The molecule has 0 spiro atoms. The summed E-state index contributed by atoms with van der Waals surface area (Å²) in [5.41, 5.74) is 1.02. The molecular formula is C22H31N5O3. The first-order valence-electron chi connectivity index (χ1n) is 10.4.